The van der Waals surface area contributed by atoms with Crippen LogP contribution >= 0.6 is 0 Å². The van der Waals surface area contributed by atoms with Gasteiger partial charge in [-0.15, -0.1) is 0 Å². The molecule has 0 aromatic heterocycles. The van der Waals surface area contributed by atoms with Gasteiger partial charge in [-0.3, -0.25) is 15.1 Å². The van der Waals surface area contributed by atoms with Crippen LogP contribution in [0.2, 0.25) is 0 Å². The molecule has 2 N–H and O–H groups in total. The number of nitrogens with one attached hydrogen (secondary N) is 2. The van der Waals surface area contributed by atoms with Crippen molar-refractivity contribution in [2.45, 2.75) is 78.2 Å². The van der Waals surface area contributed by atoms with E-state index < -0.39 is 0 Å². The molecule has 8 atom stereocenters. The van der Waals surface area contributed by atoms with Gasteiger partial charge in [0.1, 0.15) is 5.78 Å². The number of rotatable bonds is 3. The van der Waals surface area contributed by atoms with E-state index in [2.05, 4.69) is 37.6 Å². The lowest BCUT2D eigenvalue weighted by molar-refractivity contribution is -0.141. The molecule has 28 heavy (non-hydrogen) atoms. The zero-order valence-corrected chi connectivity index (χ0v) is 17.9. The molecule has 5 rings (SSSR count). The fraction of sp³-hybridized carbons (Fsp3) is 0.875. The van der Waals surface area contributed by atoms with Gasteiger partial charge in [-0.05, 0) is 86.5 Å². The van der Waals surface area contributed by atoms with E-state index in [0.29, 0.717) is 35.1 Å². The highest BCUT2D eigenvalue weighted by Gasteiger charge is 2.61. The Morgan fingerprint density at radius 2 is 2.00 bits per heavy atom. The molecule has 1 aliphatic heterocycles. The van der Waals surface area contributed by atoms with Gasteiger partial charge in [-0.1, -0.05) is 26.8 Å². The summed E-state index contributed by atoms with van der Waals surface area (Å²) in [5.74, 6) is 4.08. The molecule has 0 aromatic rings. The van der Waals surface area contributed by atoms with Crippen LogP contribution in [0.25, 0.3) is 0 Å². The zero-order chi connectivity index (χ0) is 19.5. The minimum absolute atomic E-state index is 0.0149. The second-order valence-electron chi connectivity index (χ2n) is 11.1. The van der Waals surface area contributed by atoms with Crippen molar-refractivity contribution in [3.05, 3.63) is 11.8 Å². The fourth-order valence-electron chi connectivity index (χ4n) is 7.96. The fourth-order valence-corrected chi connectivity index (χ4v) is 7.96. The number of ketones is 1. The lowest BCUT2D eigenvalue weighted by atomic mass is 9.44. The van der Waals surface area contributed by atoms with Crippen LogP contribution in [0.4, 0.5) is 0 Å². The van der Waals surface area contributed by atoms with Crippen LogP contribution in [-0.2, 0) is 9.63 Å². The third-order valence-corrected chi connectivity index (χ3v) is 9.73. The van der Waals surface area contributed by atoms with Crippen molar-refractivity contribution >= 4 is 5.78 Å². The lowest BCUT2D eigenvalue weighted by Gasteiger charge is -2.61. The van der Waals surface area contributed by atoms with E-state index >= 15 is 0 Å². The Kier molecular flexibility index (Phi) is 4.67. The first-order valence-electron chi connectivity index (χ1n) is 11.8. The Labute approximate surface area is 170 Å². The highest BCUT2D eigenvalue weighted by molar-refractivity contribution is 5.87. The van der Waals surface area contributed by atoms with Crippen molar-refractivity contribution in [3.63, 3.8) is 0 Å². The topological polar surface area (TPSA) is 50.4 Å². The molecule has 156 valence electrons. The number of allylic oxidation sites excluding steroid dienone is 2. The van der Waals surface area contributed by atoms with Gasteiger partial charge in [0.05, 0.1) is 6.10 Å². The second kappa shape index (κ2) is 6.84. The minimum Gasteiger partial charge on any atom is -0.314 e. The van der Waals surface area contributed by atoms with E-state index in [1.807, 2.05) is 0 Å². The predicted molar refractivity (Wildman–Crippen MR) is 110 cm³/mol. The standard InChI is InChI=1S/C24H38N2O2/c1-15-12-16-13-17(26-28-18-8-11-25-14-18)6-9-23(16,2)20-7-10-24(3)19(22(15)20)4-5-21(24)27/h13,15-16,18-20,22,25-26H,4-12,14H2,1-3H3/t15?,16?,18?,19-,20+,22-,23-,24-/m0/s1. The first-order chi connectivity index (χ1) is 13.4. The van der Waals surface area contributed by atoms with Crippen molar-refractivity contribution in [2.24, 2.45) is 40.4 Å². The summed E-state index contributed by atoms with van der Waals surface area (Å²) in [7, 11) is 0. The van der Waals surface area contributed by atoms with Crippen LogP contribution in [0.3, 0.4) is 0 Å². The van der Waals surface area contributed by atoms with Crippen LogP contribution in [0.15, 0.2) is 11.8 Å². The monoisotopic (exact) mass is 386 g/mol. The molecule has 0 spiro atoms. The van der Waals surface area contributed by atoms with Crippen LogP contribution in [0.1, 0.15) is 72.1 Å². The van der Waals surface area contributed by atoms with Gasteiger partial charge in [0.15, 0.2) is 0 Å². The maximum atomic E-state index is 12.7. The Hall–Kier alpha value is -0.870. The first-order valence-corrected chi connectivity index (χ1v) is 11.8. The Morgan fingerprint density at radius 1 is 1.14 bits per heavy atom. The minimum atomic E-state index is -0.0149. The number of Topliss-reactive ketones (excluding diaryl/α,β-unsaturated/α-hetero) is 1. The van der Waals surface area contributed by atoms with Crippen molar-refractivity contribution in [1.29, 1.82) is 0 Å². The molecule has 3 unspecified atom stereocenters. The van der Waals surface area contributed by atoms with Gasteiger partial charge in [0.2, 0.25) is 0 Å². The summed E-state index contributed by atoms with van der Waals surface area (Å²) in [6, 6.07) is 0. The lowest BCUT2D eigenvalue weighted by Crippen LogP contribution is -2.55. The predicted octanol–water partition coefficient (Wildman–Crippen LogP) is 4.22. The highest BCUT2D eigenvalue weighted by atomic mass is 16.7. The number of carbonyl (C=O) groups excluding carboxylic acids is 1. The molecular formula is C24H38N2O2. The van der Waals surface area contributed by atoms with Crippen LogP contribution in [0.5, 0.6) is 0 Å². The van der Waals surface area contributed by atoms with E-state index in [1.165, 1.54) is 25.0 Å². The normalized spacial score (nSPS) is 50.5. The summed E-state index contributed by atoms with van der Waals surface area (Å²) < 4.78 is 0. The molecule has 0 aromatic carbocycles. The van der Waals surface area contributed by atoms with Crippen molar-refractivity contribution in [3.8, 4) is 0 Å². The Bertz CT molecular complexity index is 670. The second-order valence-corrected chi connectivity index (χ2v) is 11.1. The van der Waals surface area contributed by atoms with E-state index in [0.717, 1.165) is 57.0 Å². The molecule has 1 saturated heterocycles. The van der Waals surface area contributed by atoms with Gasteiger partial charge in [-0.2, -0.15) is 0 Å². The highest BCUT2D eigenvalue weighted by Crippen LogP contribution is 2.66. The molecule has 4 fully saturated rings. The van der Waals surface area contributed by atoms with E-state index in [1.54, 1.807) is 0 Å². The molecule has 1 heterocycles. The van der Waals surface area contributed by atoms with E-state index in [9.17, 15) is 4.79 Å². The van der Waals surface area contributed by atoms with Gasteiger partial charge in [0, 0.05) is 24.1 Å². The maximum Gasteiger partial charge on any atom is 0.139 e. The van der Waals surface area contributed by atoms with Crippen LogP contribution < -0.4 is 10.8 Å². The van der Waals surface area contributed by atoms with Crippen molar-refractivity contribution in [2.75, 3.05) is 13.1 Å². The molecular weight excluding hydrogens is 348 g/mol. The summed E-state index contributed by atoms with van der Waals surface area (Å²) >= 11 is 0. The third-order valence-electron chi connectivity index (χ3n) is 9.73. The molecule has 0 bridgehead atoms. The molecule has 3 saturated carbocycles. The molecule has 4 heteroatoms. The van der Waals surface area contributed by atoms with E-state index in [-0.39, 0.29) is 5.41 Å². The Balaban J connectivity index is 1.34. The Morgan fingerprint density at radius 3 is 2.79 bits per heavy atom. The quantitative estimate of drug-likeness (QED) is 0.713. The smallest absolute Gasteiger partial charge is 0.139 e. The summed E-state index contributed by atoms with van der Waals surface area (Å²) in [6.07, 6.45) is 11.9. The number of hydrogen-bond donors (Lipinski definition) is 2. The summed E-state index contributed by atoms with van der Waals surface area (Å²) in [6.45, 7) is 9.36. The molecule has 4 nitrogen and oxygen atoms in total. The number of fused-ring (bicyclic) bond motifs is 5. The van der Waals surface area contributed by atoms with Crippen molar-refractivity contribution in [1.82, 2.24) is 10.8 Å². The van der Waals surface area contributed by atoms with Gasteiger partial charge in [-0.25, -0.2) is 0 Å². The van der Waals surface area contributed by atoms with Crippen LogP contribution in [-0.4, -0.2) is 25.0 Å². The van der Waals surface area contributed by atoms with Crippen LogP contribution in [0, 0.1) is 40.4 Å². The summed E-state index contributed by atoms with van der Waals surface area (Å²) in [5, 5.41) is 3.36. The number of hydrogen-bond acceptors (Lipinski definition) is 4. The summed E-state index contributed by atoms with van der Waals surface area (Å²) in [4.78, 5) is 18.6. The van der Waals surface area contributed by atoms with Gasteiger partial charge < -0.3 is 5.32 Å². The SMILES string of the molecule is CC1CC2C=C(NOC3CCNC3)CC[C@]2(C)[C@@H]2CC[C@]3(C)C(=O)CC[C@H]3[C@H]12. The molecule has 5 aliphatic rings. The molecule has 0 amide bonds. The molecule has 4 aliphatic carbocycles. The van der Waals surface area contributed by atoms with Crippen molar-refractivity contribution < 1.29 is 9.63 Å². The van der Waals surface area contributed by atoms with E-state index in [4.69, 9.17) is 4.84 Å². The first kappa shape index (κ1) is 19.1. The zero-order valence-electron chi connectivity index (χ0n) is 17.9. The average molecular weight is 387 g/mol. The largest absolute Gasteiger partial charge is 0.314 e. The number of hydroxylamine groups is 1. The number of carbonyl (C=O) groups is 1. The average Bonchev–Trinajstić information content (AvgIpc) is 3.29. The summed E-state index contributed by atoms with van der Waals surface area (Å²) in [5.41, 5.74) is 5.01. The van der Waals surface area contributed by atoms with Gasteiger partial charge in [0.25, 0.3) is 0 Å². The third kappa shape index (κ3) is 2.81. The van der Waals surface area contributed by atoms with Gasteiger partial charge >= 0.3 is 0 Å². The maximum absolute atomic E-state index is 12.7. The molecule has 0 radical (unpaired) electrons.